The third-order valence-electron chi connectivity index (χ3n) is 3.35. The molecule has 7 nitrogen and oxygen atoms in total. The van der Waals surface area contributed by atoms with Gasteiger partial charge >= 0.3 is 0 Å². The summed E-state index contributed by atoms with van der Waals surface area (Å²) in [5.74, 6) is 1.24. The summed E-state index contributed by atoms with van der Waals surface area (Å²) in [4.78, 5) is 11.6. The van der Waals surface area contributed by atoms with Crippen LogP contribution < -0.4 is 15.8 Å². The third-order valence-corrected chi connectivity index (χ3v) is 3.78. The summed E-state index contributed by atoms with van der Waals surface area (Å²) in [6, 6.07) is 5.39. The van der Waals surface area contributed by atoms with Crippen LogP contribution in [0.2, 0.25) is 0 Å². The lowest BCUT2D eigenvalue weighted by Gasteiger charge is -2.17. The lowest BCUT2D eigenvalue weighted by Crippen LogP contribution is -2.09. The monoisotopic (exact) mass is 388 g/mol. The zero-order chi connectivity index (χ0) is 17.3. The number of nitrogens with zero attached hydrogens (tertiary/aromatic N) is 2. The van der Waals surface area contributed by atoms with Crippen molar-refractivity contribution in [2.45, 2.75) is 20.0 Å². The minimum atomic E-state index is -0.0115. The Balaban J connectivity index is 2.08. The lowest BCUT2D eigenvalue weighted by molar-refractivity contribution is 0.244. The van der Waals surface area contributed by atoms with Crippen LogP contribution in [0.25, 0.3) is 11.0 Å². The summed E-state index contributed by atoms with van der Waals surface area (Å²) in [6.45, 7) is 3.88. The van der Waals surface area contributed by atoms with E-state index in [1.54, 1.807) is 12.1 Å². The fourth-order valence-electron chi connectivity index (χ4n) is 2.32. The number of rotatable bonds is 5. The van der Waals surface area contributed by atoms with Gasteiger partial charge in [-0.2, -0.15) is 0 Å². The molecule has 0 aliphatic heterocycles. The normalized spacial score (nSPS) is 11.0. The quantitative estimate of drug-likeness (QED) is 0.391. The Labute approximate surface area is 147 Å². The number of nitrogens with two attached hydrogens (primary N) is 1. The summed E-state index contributed by atoms with van der Waals surface area (Å²) < 4.78 is 6.65. The molecule has 0 radical (unpaired) electrons. The van der Waals surface area contributed by atoms with E-state index in [0.29, 0.717) is 34.2 Å². The Hall–Kier alpha value is -2.61. The van der Waals surface area contributed by atoms with Gasteiger partial charge in [-0.05, 0) is 41.9 Å². The molecule has 124 valence electrons. The van der Waals surface area contributed by atoms with Crippen molar-refractivity contribution >= 4 is 50.4 Å². The molecule has 0 atom stereocenters. The van der Waals surface area contributed by atoms with Crippen LogP contribution in [0, 0.1) is 5.41 Å². The maximum absolute atomic E-state index is 7.50. The van der Waals surface area contributed by atoms with Crippen molar-refractivity contribution in [1.82, 2.24) is 15.0 Å². The number of H-pyrrole nitrogens is 1. The number of hydrogen-bond acceptors (Lipinski definition) is 6. The minimum Gasteiger partial charge on any atom is -0.489 e. The summed E-state index contributed by atoms with van der Waals surface area (Å²) in [5.41, 5.74) is 8.47. The number of halogens is 1. The van der Waals surface area contributed by atoms with Crippen LogP contribution in [-0.2, 0) is 0 Å². The van der Waals surface area contributed by atoms with Crippen LogP contribution in [0.15, 0.2) is 29.1 Å². The molecule has 0 saturated carbocycles. The van der Waals surface area contributed by atoms with Gasteiger partial charge in [0.25, 0.3) is 0 Å². The molecule has 0 amide bonds. The highest BCUT2D eigenvalue weighted by atomic mass is 79.9. The van der Waals surface area contributed by atoms with Crippen LogP contribution in [0.4, 0.5) is 17.2 Å². The SMILES string of the molecule is CC(C)Oc1cc(N)c(C=N)cc1Nc1ncnc2[nH]c(Br)cc12. The molecule has 0 aliphatic rings. The van der Waals surface area contributed by atoms with E-state index in [9.17, 15) is 0 Å². The average Bonchev–Trinajstić information content (AvgIpc) is 2.90. The molecular formula is C16H17BrN6O. The fraction of sp³-hybridized carbons (Fsp3) is 0.188. The van der Waals surface area contributed by atoms with Gasteiger partial charge in [-0.1, -0.05) is 0 Å². The summed E-state index contributed by atoms with van der Waals surface area (Å²) in [7, 11) is 0. The average molecular weight is 389 g/mol. The molecule has 2 aromatic heterocycles. The van der Waals surface area contributed by atoms with E-state index in [1.807, 2.05) is 19.9 Å². The highest BCUT2D eigenvalue weighted by Crippen LogP contribution is 2.34. The highest BCUT2D eigenvalue weighted by Gasteiger charge is 2.13. The van der Waals surface area contributed by atoms with E-state index in [-0.39, 0.29) is 6.10 Å². The number of aromatic amines is 1. The van der Waals surface area contributed by atoms with E-state index in [0.717, 1.165) is 9.99 Å². The van der Waals surface area contributed by atoms with Crippen molar-refractivity contribution in [3.05, 3.63) is 34.7 Å². The van der Waals surface area contributed by atoms with Crippen LogP contribution in [0.5, 0.6) is 5.75 Å². The second-order valence-electron chi connectivity index (χ2n) is 5.52. The molecule has 0 fully saturated rings. The minimum absolute atomic E-state index is 0.0115. The maximum atomic E-state index is 7.50. The molecule has 0 bridgehead atoms. The summed E-state index contributed by atoms with van der Waals surface area (Å²) in [5, 5.41) is 11.6. The maximum Gasteiger partial charge on any atom is 0.145 e. The van der Waals surface area contributed by atoms with Crippen LogP contribution in [0.1, 0.15) is 19.4 Å². The predicted molar refractivity (Wildman–Crippen MR) is 99.4 cm³/mol. The highest BCUT2D eigenvalue weighted by molar-refractivity contribution is 9.10. The largest absolute Gasteiger partial charge is 0.489 e. The first kappa shape index (κ1) is 16.3. The molecule has 1 aromatic carbocycles. The van der Waals surface area contributed by atoms with Gasteiger partial charge in [0.15, 0.2) is 0 Å². The molecule has 0 spiro atoms. The summed E-state index contributed by atoms with van der Waals surface area (Å²) in [6.07, 6.45) is 2.68. The van der Waals surface area contributed by atoms with E-state index < -0.39 is 0 Å². The first-order valence-corrected chi connectivity index (χ1v) is 8.14. The molecule has 3 aromatic rings. The van der Waals surface area contributed by atoms with Gasteiger partial charge in [0, 0.05) is 23.5 Å². The van der Waals surface area contributed by atoms with Crippen molar-refractivity contribution in [3.63, 3.8) is 0 Å². The topological polar surface area (TPSA) is 113 Å². The Bertz CT molecular complexity index is 905. The van der Waals surface area contributed by atoms with E-state index in [1.165, 1.54) is 12.5 Å². The van der Waals surface area contributed by atoms with Gasteiger partial charge in [-0.25, -0.2) is 9.97 Å². The first-order chi connectivity index (χ1) is 11.5. The number of nitrogen functional groups attached to an aromatic ring is 1. The van der Waals surface area contributed by atoms with E-state index in [4.69, 9.17) is 15.9 Å². The van der Waals surface area contributed by atoms with Crippen molar-refractivity contribution < 1.29 is 4.74 Å². The number of aromatic nitrogens is 3. The Kier molecular flexibility index (Phi) is 4.39. The zero-order valence-electron chi connectivity index (χ0n) is 13.2. The number of anilines is 3. The number of ether oxygens (including phenoxy) is 1. The van der Waals surface area contributed by atoms with Crippen molar-refractivity contribution in [2.75, 3.05) is 11.1 Å². The zero-order valence-corrected chi connectivity index (χ0v) is 14.8. The Morgan fingerprint density at radius 1 is 1.33 bits per heavy atom. The van der Waals surface area contributed by atoms with Crippen molar-refractivity contribution in [2.24, 2.45) is 0 Å². The van der Waals surface area contributed by atoms with E-state index >= 15 is 0 Å². The number of benzene rings is 1. The second kappa shape index (κ2) is 6.48. The molecule has 5 N–H and O–H groups in total. The molecule has 3 rings (SSSR count). The van der Waals surface area contributed by atoms with Gasteiger partial charge in [-0.3, -0.25) is 0 Å². The lowest BCUT2D eigenvalue weighted by atomic mass is 10.1. The fourth-order valence-corrected chi connectivity index (χ4v) is 2.74. The first-order valence-electron chi connectivity index (χ1n) is 7.35. The molecule has 0 saturated heterocycles. The third kappa shape index (κ3) is 3.18. The van der Waals surface area contributed by atoms with Crippen molar-refractivity contribution in [1.29, 1.82) is 5.41 Å². The molecule has 0 unspecified atom stereocenters. The van der Waals surface area contributed by atoms with Gasteiger partial charge in [-0.15, -0.1) is 0 Å². The molecule has 2 heterocycles. The molecule has 24 heavy (non-hydrogen) atoms. The van der Waals surface area contributed by atoms with Crippen molar-refractivity contribution in [3.8, 4) is 5.75 Å². The van der Waals surface area contributed by atoms with Gasteiger partial charge < -0.3 is 26.2 Å². The predicted octanol–water partition coefficient (Wildman–Crippen LogP) is 3.83. The molecule has 8 heteroatoms. The van der Waals surface area contributed by atoms with Gasteiger partial charge in [0.05, 0.1) is 21.8 Å². The van der Waals surface area contributed by atoms with Gasteiger partial charge in [0.2, 0.25) is 0 Å². The number of nitrogens with one attached hydrogen (secondary N) is 3. The number of fused-ring (bicyclic) bond motifs is 1. The Morgan fingerprint density at radius 2 is 2.12 bits per heavy atom. The van der Waals surface area contributed by atoms with E-state index in [2.05, 4.69) is 36.2 Å². The Morgan fingerprint density at radius 3 is 2.83 bits per heavy atom. The summed E-state index contributed by atoms with van der Waals surface area (Å²) >= 11 is 3.40. The van der Waals surface area contributed by atoms with Gasteiger partial charge in [0.1, 0.15) is 23.5 Å². The molecular weight excluding hydrogens is 372 g/mol. The second-order valence-corrected chi connectivity index (χ2v) is 6.37. The van der Waals surface area contributed by atoms with Crippen LogP contribution in [-0.4, -0.2) is 27.3 Å². The standard InChI is InChI=1S/C16H17BrN6O/c1-8(2)24-13-5-11(19)9(6-18)3-12(13)22-15-10-4-14(17)23-16(10)21-7-20-15/h3-8,18H,19H2,1-2H3,(H2,20,21,22,23). The van der Waals surface area contributed by atoms with Crippen LogP contribution in [0.3, 0.4) is 0 Å². The molecule has 0 aliphatic carbocycles. The number of hydrogen-bond donors (Lipinski definition) is 4. The van der Waals surface area contributed by atoms with Crippen LogP contribution >= 0.6 is 15.9 Å². The smallest absolute Gasteiger partial charge is 0.145 e.